The molecule has 3 heteroatoms. The van der Waals surface area contributed by atoms with Gasteiger partial charge in [0.2, 0.25) is 0 Å². The minimum absolute atomic E-state index is 0.276. The van der Waals surface area contributed by atoms with Gasteiger partial charge in [0.1, 0.15) is 0 Å². The van der Waals surface area contributed by atoms with Gasteiger partial charge in [-0.05, 0) is 49.8 Å². The zero-order chi connectivity index (χ0) is 12.9. The molecule has 0 aromatic carbocycles. The van der Waals surface area contributed by atoms with Crippen molar-refractivity contribution in [2.75, 3.05) is 20.1 Å². The summed E-state index contributed by atoms with van der Waals surface area (Å²) in [5.41, 5.74) is 2.94. The molecular weight excluding hydrogens is 246 g/mol. The van der Waals surface area contributed by atoms with Crippen molar-refractivity contribution in [3.05, 3.63) is 22.3 Å². The summed E-state index contributed by atoms with van der Waals surface area (Å²) >= 11 is 6.23. The van der Waals surface area contributed by atoms with Crippen molar-refractivity contribution in [3.8, 4) is 0 Å². The number of allylic oxidation sites excluding steroid dienone is 1. The van der Waals surface area contributed by atoms with Crippen LogP contribution in [0.1, 0.15) is 26.2 Å². The summed E-state index contributed by atoms with van der Waals surface area (Å²) in [4.78, 5) is 2.42. The van der Waals surface area contributed by atoms with Crippen LogP contribution in [0.2, 0.25) is 0 Å². The number of aliphatic hydroxyl groups is 1. The van der Waals surface area contributed by atoms with Crippen LogP contribution in [-0.4, -0.2) is 36.2 Å². The normalized spacial score (nSPS) is 41.2. The van der Waals surface area contributed by atoms with Gasteiger partial charge in [-0.3, -0.25) is 0 Å². The summed E-state index contributed by atoms with van der Waals surface area (Å²) in [6.45, 7) is 4.55. The largest absolute Gasteiger partial charge is 0.387 e. The van der Waals surface area contributed by atoms with E-state index in [-0.39, 0.29) is 5.92 Å². The predicted octanol–water partition coefficient (Wildman–Crippen LogP) is 2.78. The van der Waals surface area contributed by atoms with E-state index in [1.807, 2.05) is 6.08 Å². The zero-order valence-corrected chi connectivity index (χ0v) is 12.0. The third-order valence-corrected chi connectivity index (χ3v) is 5.16. The van der Waals surface area contributed by atoms with Gasteiger partial charge in [-0.15, -0.1) is 0 Å². The third-order valence-electron chi connectivity index (χ3n) is 4.82. The average molecular weight is 268 g/mol. The first kappa shape index (κ1) is 12.7. The molecule has 1 fully saturated rings. The Hall–Kier alpha value is -0.310. The van der Waals surface area contributed by atoms with Gasteiger partial charge < -0.3 is 10.0 Å². The quantitative estimate of drug-likeness (QED) is 0.730. The monoisotopic (exact) mass is 267 g/mol. The topological polar surface area (TPSA) is 23.5 Å². The van der Waals surface area contributed by atoms with Gasteiger partial charge in [-0.2, -0.15) is 0 Å². The molecule has 3 aliphatic rings. The van der Waals surface area contributed by atoms with Crippen molar-refractivity contribution < 1.29 is 5.11 Å². The van der Waals surface area contributed by atoms with Crippen LogP contribution in [0.25, 0.3) is 0 Å². The Labute approximate surface area is 114 Å². The Morgan fingerprint density at radius 3 is 2.94 bits per heavy atom. The van der Waals surface area contributed by atoms with E-state index in [4.69, 9.17) is 11.6 Å². The van der Waals surface area contributed by atoms with Crippen molar-refractivity contribution in [2.45, 2.75) is 32.3 Å². The summed E-state index contributed by atoms with van der Waals surface area (Å²) in [7, 11) is 2.20. The standard InChI is InChI=1S/C15H22ClNO/c1-9-5-11-8-17(2)4-3-10-7-13(16)15(18)12(6-9)14(10)11/h7,9,11-12,15,18H,3-6,8H2,1-2H3. The maximum Gasteiger partial charge on any atom is 0.0961 e. The second-order valence-corrected chi connectivity index (χ2v) is 6.78. The molecule has 4 atom stereocenters. The van der Waals surface area contributed by atoms with Crippen LogP contribution in [0.5, 0.6) is 0 Å². The number of halogens is 1. The van der Waals surface area contributed by atoms with Crippen molar-refractivity contribution in [1.82, 2.24) is 4.90 Å². The summed E-state index contributed by atoms with van der Waals surface area (Å²) in [6.07, 6.45) is 5.01. The molecule has 0 radical (unpaired) electrons. The zero-order valence-electron chi connectivity index (χ0n) is 11.2. The Balaban J connectivity index is 2.03. The van der Waals surface area contributed by atoms with Gasteiger partial charge in [-0.1, -0.05) is 24.1 Å². The molecule has 1 heterocycles. The molecule has 0 amide bonds. The lowest BCUT2D eigenvalue weighted by Crippen LogP contribution is -2.38. The van der Waals surface area contributed by atoms with Crippen molar-refractivity contribution in [2.24, 2.45) is 17.8 Å². The maximum absolute atomic E-state index is 10.4. The van der Waals surface area contributed by atoms with E-state index in [0.717, 1.165) is 25.9 Å². The van der Waals surface area contributed by atoms with Gasteiger partial charge in [0.25, 0.3) is 0 Å². The Morgan fingerprint density at radius 2 is 2.17 bits per heavy atom. The van der Waals surface area contributed by atoms with E-state index in [9.17, 15) is 5.11 Å². The SMILES string of the molecule is CC1CC2CN(C)CCC3=C2C(C1)C(O)C(Cl)=C3. The fourth-order valence-corrected chi connectivity index (χ4v) is 4.35. The lowest BCUT2D eigenvalue weighted by molar-refractivity contribution is 0.114. The van der Waals surface area contributed by atoms with Gasteiger partial charge >= 0.3 is 0 Å². The Kier molecular flexibility index (Phi) is 3.29. The van der Waals surface area contributed by atoms with Gasteiger partial charge in [-0.25, -0.2) is 0 Å². The molecule has 0 bridgehead atoms. The molecule has 2 aliphatic carbocycles. The number of rotatable bonds is 0. The molecular formula is C15H22ClNO. The highest BCUT2D eigenvalue weighted by molar-refractivity contribution is 6.30. The lowest BCUT2D eigenvalue weighted by atomic mass is 9.66. The van der Waals surface area contributed by atoms with Crippen LogP contribution in [0.4, 0.5) is 0 Å². The van der Waals surface area contributed by atoms with Crippen molar-refractivity contribution in [3.63, 3.8) is 0 Å². The highest BCUT2D eigenvalue weighted by atomic mass is 35.5. The van der Waals surface area contributed by atoms with E-state index in [0.29, 0.717) is 16.9 Å². The first-order valence-electron chi connectivity index (χ1n) is 7.03. The second kappa shape index (κ2) is 4.66. The van der Waals surface area contributed by atoms with E-state index in [1.54, 1.807) is 0 Å². The van der Waals surface area contributed by atoms with E-state index in [1.165, 1.54) is 17.6 Å². The van der Waals surface area contributed by atoms with Crippen molar-refractivity contribution >= 4 is 11.6 Å². The number of hydrogen-bond donors (Lipinski definition) is 1. The summed E-state index contributed by atoms with van der Waals surface area (Å²) in [6, 6.07) is 0. The highest BCUT2D eigenvalue weighted by Crippen LogP contribution is 2.47. The maximum atomic E-state index is 10.4. The van der Waals surface area contributed by atoms with Crippen LogP contribution < -0.4 is 0 Å². The number of hydrogen-bond acceptors (Lipinski definition) is 2. The molecule has 18 heavy (non-hydrogen) atoms. The fraction of sp³-hybridized carbons (Fsp3) is 0.733. The fourth-order valence-electron chi connectivity index (χ4n) is 4.07. The molecule has 1 saturated carbocycles. The lowest BCUT2D eigenvalue weighted by Gasteiger charge is -2.41. The molecule has 1 N–H and O–H groups in total. The molecule has 1 aliphatic heterocycles. The molecule has 0 spiro atoms. The summed E-state index contributed by atoms with van der Waals surface area (Å²) < 4.78 is 0. The van der Waals surface area contributed by atoms with Crippen LogP contribution in [0.3, 0.4) is 0 Å². The average Bonchev–Trinajstić information content (AvgIpc) is 2.45. The molecule has 0 aromatic heterocycles. The third kappa shape index (κ3) is 2.04. The molecule has 100 valence electrons. The van der Waals surface area contributed by atoms with E-state index in [2.05, 4.69) is 18.9 Å². The van der Waals surface area contributed by atoms with Crippen LogP contribution >= 0.6 is 11.6 Å². The minimum Gasteiger partial charge on any atom is -0.387 e. The van der Waals surface area contributed by atoms with Crippen LogP contribution in [-0.2, 0) is 0 Å². The predicted molar refractivity (Wildman–Crippen MR) is 74.5 cm³/mol. The van der Waals surface area contributed by atoms with Crippen molar-refractivity contribution in [1.29, 1.82) is 0 Å². The summed E-state index contributed by atoms with van der Waals surface area (Å²) in [5.74, 6) is 1.59. The number of nitrogens with zero attached hydrogens (tertiary/aromatic N) is 1. The van der Waals surface area contributed by atoms with Crippen LogP contribution in [0, 0.1) is 17.8 Å². The first-order valence-corrected chi connectivity index (χ1v) is 7.40. The first-order chi connectivity index (χ1) is 8.56. The van der Waals surface area contributed by atoms with Gasteiger partial charge in [0, 0.05) is 24.0 Å². The van der Waals surface area contributed by atoms with E-state index < -0.39 is 6.10 Å². The molecule has 4 unspecified atom stereocenters. The highest BCUT2D eigenvalue weighted by Gasteiger charge is 2.41. The molecule has 2 nitrogen and oxygen atoms in total. The Morgan fingerprint density at radius 1 is 1.39 bits per heavy atom. The Bertz CT molecular complexity index is 415. The molecule has 0 saturated heterocycles. The van der Waals surface area contributed by atoms with Gasteiger partial charge in [0.15, 0.2) is 0 Å². The smallest absolute Gasteiger partial charge is 0.0961 e. The number of aliphatic hydroxyl groups excluding tert-OH is 1. The van der Waals surface area contributed by atoms with Crippen LogP contribution in [0.15, 0.2) is 22.3 Å². The molecule has 3 rings (SSSR count). The summed E-state index contributed by atoms with van der Waals surface area (Å²) in [5, 5.41) is 11.0. The van der Waals surface area contributed by atoms with E-state index >= 15 is 0 Å². The van der Waals surface area contributed by atoms with Gasteiger partial charge in [0.05, 0.1) is 6.10 Å². The molecule has 0 aromatic rings. The minimum atomic E-state index is -0.459. The second-order valence-electron chi connectivity index (χ2n) is 6.35.